The van der Waals surface area contributed by atoms with E-state index >= 15 is 0 Å². The molecule has 1 saturated carbocycles. The van der Waals surface area contributed by atoms with Crippen LogP contribution >= 0.6 is 12.4 Å². The van der Waals surface area contributed by atoms with E-state index in [2.05, 4.69) is 0 Å². The van der Waals surface area contributed by atoms with E-state index < -0.39 is 5.54 Å². The SMILES string of the molecule is CCN(CC1CC1)C(=O)C(C)(N)c1ccccc1.Cl. The van der Waals surface area contributed by atoms with Crippen LogP contribution in [0.25, 0.3) is 0 Å². The largest absolute Gasteiger partial charge is 0.341 e. The smallest absolute Gasteiger partial charge is 0.246 e. The number of hydrogen-bond acceptors (Lipinski definition) is 2. The fourth-order valence-electron chi connectivity index (χ4n) is 2.20. The summed E-state index contributed by atoms with van der Waals surface area (Å²) in [5.41, 5.74) is 6.22. The van der Waals surface area contributed by atoms with Crippen molar-refractivity contribution >= 4 is 18.3 Å². The topological polar surface area (TPSA) is 46.3 Å². The number of rotatable bonds is 5. The Morgan fingerprint density at radius 2 is 1.95 bits per heavy atom. The molecule has 19 heavy (non-hydrogen) atoms. The lowest BCUT2D eigenvalue weighted by Crippen LogP contribution is -2.51. The molecule has 1 amide bonds. The minimum absolute atomic E-state index is 0. The van der Waals surface area contributed by atoms with Gasteiger partial charge in [0.05, 0.1) is 0 Å². The van der Waals surface area contributed by atoms with Crippen molar-refractivity contribution in [3.05, 3.63) is 35.9 Å². The third kappa shape index (κ3) is 3.71. The van der Waals surface area contributed by atoms with E-state index in [9.17, 15) is 4.79 Å². The van der Waals surface area contributed by atoms with Gasteiger partial charge in [0.15, 0.2) is 0 Å². The first-order chi connectivity index (χ1) is 8.55. The molecule has 0 aliphatic heterocycles. The Hall–Kier alpha value is -1.06. The first kappa shape index (κ1) is 16.0. The zero-order valence-electron chi connectivity index (χ0n) is 11.6. The Bertz CT molecular complexity index is 415. The first-order valence-corrected chi connectivity index (χ1v) is 6.69. The summed E-state index contributed by atoms with van der Waals surface area (Å²) >= 11 is 0. The van der Waals surface area contributed by atoms with Crippen molar-refractivity contribution < 1.29 is 4.79 Å². The van der Waals surface area contributed by atoms with Crippen molar-refractivity contribution in [1.82, 2.24) is 4.90 Å². The standard InChI is InChI=1S/C15H22N2O.ClH/c1-3-17(11-12-9-10-12)14(18)15(2,16)13-7-5-4-6-8-13;/h4-8,12H,3,9-11,16H2,1-2H3;1H. The maximum absolute atomic E-state index is 12.6. The van der Waals surface area contributed by atoms with Crippen molar-refractivity contribution in [3.63, 3.8) is 0 Å². The number of benzene rings is 1. The summed E-state index contributed by atoms with van der Waals surface area (Å²) in [6.07, 6.45) is 2.49. The van der Waals surface area contributed by atoms with Gasteiger partial charge in [-0.2, -0.15) is 0 Å². The molecule has 2 rings (SSSR count). The monoisotopic (exact) mass is 282 g/mol. The van der Waals surface area contributed by atoms with Crippen molar-refractivity contribution in [1.29, 1.82) is 0 Å². The summed E-state index contributed by atoms with van der Waals surface area (Å²) in [5, 5.41) is 0. The lowest BCUT2D eigenvalue weighted by atomic mass is 9.91. The van der Waals surface area contributed by atoms with Crippen LogP contribution in [0, 0.1) is 5.92 Å². The molecule has 1 aliphatic carbocycles. The van der Waals surface area contributed by atoms with Crippen LogP contribution in [0.1, 0.15) is 32.3 Å². The minimum atomic E-state index is -0.924. The number of hydrogen-bond donors (Lipinski definition) is 1. The molecule has 0 heterocycles. The van der Waals surface area contributed by atoms with Gasteiger partial charge in [0.25, 0.3) is 0 Å². The Morgan fingerprint density at radius 3 is 2.42 bits per heavy atom. The number of carbonyl (C=O) groups excluding carboxylic acids is 1. The van der Waals surface area contributed by atoms with Gasteiger partial charge in [-0.05, 0) is 38.2 Å². The highest BCUT2D eigenvalue weighted by Gasteiger charge is 2.36. The van der Waals surface area contributed by atoms with E-state index in [0.717, 1.165) is 18.7 Å². The Balaban J connectivity index is 0.00000180. The minimum Gasteiger partial charge on any atom is -0.341 e. The van der Waals surface area contributed by atoms with Gasteiger partial charge in [0.2, 0.25) is 5.91 Å². The molecule has 4 heteroatoms. The van der Waals surface area contributed by atoms with Gasteiger partial charge >= 0.3 is 0 Å². The average molecular weight is 283 g/mol. The molecule has 0 aromatic heterocycles. The summed E-state index contributed by atoms with van der Waals surface area (Å²) < 4.78 is 0. The molecular formula is C15H23ClN2O. The molecule has 2 N–H and O–H groups in total. The number of carbonyl (C=O) groups is 1. The summed E-state index contributed by atoms with van der Waals surface area (Å²) in [6.45, 7) is 5.41. The fourth-order valence-corrected chi connectivity index (χ4v) is 2.20. The second-order valence-corrected chi connectivity index (χ2v) is 5.36. The van der Waals surface area contributed by atoms with Crippen LogP contribution in [0.4, 0.5) is 0 Å². The van der Waals surface area contributed by atoms with Crippen molar-refractivity contribution in [2.24, 2.45) is 11.7 Å². The van der Waals surface area contributed by atoms with Gasteiger partial charge in [-0.15, -0.1) is 12.4 Å². The number of halogens is 1. The molecule has 1 atom stereocenters. The van der Waals surface area contributed by atoms with E-state index in [4.69, 9.17) is 5.73 Å². The molecule has 1 fully saturated rings. The van der Waals surface area contributed by atoms with E-state index in [-0.39, 0.29) is 18.3 Å². The second kappa shape index (κ2) is 6.40. The highest BCUT2D eigenvalue weighted by molar-refractivity contribution is 5.87. The number of amides is 1. The second-order valence-electron chi connectivity index (χ2n) is 5.36. The van der Waals surface area contributed by atoms with Gasteiger partial charge in [-0.3, -0.25) is 4.79 Å². The normalized spacial score (nSPS) is 17.2. The van der Waals surface area contributed by atoms with Crippen LogP contribution in [0.5, 0.6) is 0 Å². The van der Waals surface area contributed by atoms with Gasteiger partial charge in [0, 0.05) is 13.1 Å². The lowest BCUT2D eigenvalue weighted by molar-refractivity contribution is -0.136. The molecular weight excluding hydrogens is 260 g/mol. The Labute approximate surface area is 121 Å². The summed E-state index contributed by atoms with van der Waals surface area (Å²) in [4.78, 5) is 14.5. The van der Waals surface area contributed by atoms with Crippen LogP contribution in [-0.4, -0.2) is 23.9 Å². The van der Waals surface area contributed by atoms with Crippen LogP contribution in [-0.2, 0) is 10.3 Å². The van der Waals surface area contributed by atoms with E-state index in [0.29, 0.717) is 5.92 Å². The van der Waals surface area contributed by atoms with Crippen LogP contribution in [0.15, 0.2) is 30.3 Å². The Kier molecular flexibility index (Phi) is 5.39. The van der Waals surface area contributed by atoms with E-state index in [1.54, 1.807) is 6.92 Å². The molecule has 1 aromatic rings. The molecule has 106 valence electrons. The quantitative estimate of drug-likeness (QED) is 0.902. The highest BCUT2D eigenvalue weighted by Crippen LogP contribution is 2.31. The molecule has 0 saturated heterocycles. The highest BCUT2D eigenvalue weighted by atomic mass is 35.5. The van der Waals surface area contributed by atoms with E-state index in [1.165, 1.54) is 12.8 Å². The lowest BCUT2D eigenvalue weighted by Gasteiger charge is -2.31. The fraction of sp³-hybridized carbons (Fsp3) is 0.533. The average Bonchev–Trinajstić information content (AvgIpc) is 3.20. The van der Waals surface area contributed by atoms with E-state index in [1.807, 2.05) is 42.2 Å². The number of nitrogens with two attached hydrogens (primary N) is 1. The maximum atomic E-state index is 12.6. The molecule has 1 aliphatic rings. The maximum Gasteiger partial charge on any atom is 0.246 e. The van der Waals surface area contributed by atoms with Gasteiger partial charge in [-0.1, -0.05) is 30.3 Å². The van der Waals surface area contributed by atoms with Crippen molar-refractivity contribution in [3.8, 4) is 0 Å². The third-order valence-corrected chi connectivity index (χ3v) is 3.66. The first-order valence-electron chi connectivity index (χ1n) is 6.69. The third-order valence-electron chi connectivity index (χ3n) is 3.66. The summed E-state index contributed by atoms with van der Waals surface area (Å²) in [5.74, 6) is 0.726. The molecule has 0 spiro atoms. The van der Waals surface area contributed by atoms with Crippen molar-refractivity contribution in [2.45, 2.75) is 32.2 Å². The Morgan fingerprint density at radius 1 is 1.37 bits per heavy atom. The zero-order valence-corrected chi connectivity index (χ0v) is 12.5. The van der Waals surface area contributed by atoms with Crippen LogP contribution < -0.4 is 5.73 Å². The molecule has 1 unspecified atom stereocenters. The molecule has 1 aromatic carbocycles. The predicted molar refractivity (Wildman–Crippen MR) is 80.2 cm³/mol. The summed E-state index contributed by atoms with van der Waals surface area (Å²) in [7, 11) is 0. The summed E-state index contributed by atoms with van der Waals surface area (Å²) in [6, 6.07) is 9.62. The van der Waals surface area contributed by atoms with Gasteiger partial charge < -0.3 is 10.6 Å². The number of likely N-dealkylation sites (N-methyl/N-ethyl adjacent to an activating group) is 1. The molecule has 0 radical (unpaired) electrons. The van der Waals surface area contributed by atoms with Crippen LogP contribution in [0.3, 0.4) is 0 Å². The number of nitrogens with zero attached hydrogens (tertiary/aromatic N) is 1. The van der Waals surface area contributed by atoms with Crippen LogP contribution in [0.2, 0.25) is 0 Å². The zero-order chi connectivity index (χ0) is 13.2. The van der Waals surface area contributed by atoms with Gasteiger partial charge in [-0.25, -0.2) is 0 Å². The predicted octanol–water partition coefficient (Wildman–Crippen LogP) is 2.54. The van der Waals surface area contributed by atoms with Gasteiger partial charge in [0.1, 0.15) is 5.54 Å². The van der Waals surface area contributed by atoms with Crippen molar-refractivity contribution in [2.75, 3.05) is 13.1 Å². The molecule has 3 nitrogen and oxygen atoms in total. The molecule has 0 bridgehead atoms.